The summed E-state index contributed by atoms with van der Waals surface area (Å²) in [5.41, 5.74) is -0.407. The average Bonchev–Trinajstić information content (AvgIpc) is 2.97. The van der Waals surface area contributed by atoms with Gasteiger partial charge in [-0.25, -0.2) is 4.79 Å². The third-order valence-electron chi connectivity index (χ3n) is 3.80. The standard InChI is InChI=1S/C14H26N2O2/c1-14(2,3)18-13(17)16-7-6-11-8-15-9-12(11)10-4-5-10/h10-12,15H,4-9H2,1-3H3,(H,16,17). The Kier molecular flexibility index (Phi) is 4.15. The van der Waals surface area contributed by atoms with Gasteiger partial charge in [-0.15, -0.1) is 0 Å². The fourth-order valence-corrected chi connectivity index (χ4v) is 2.82. The summed E-state index contributed by atoms with van der Waals surface area (Å²) >= 11 is 0. The Labute approximate surface area is 110 Å². The zero-order valence-corrected chi connectivity index (χ0v) is 11.8. The quantitative estimate of drug-likeness (QED) is 0.808. The molecule has 1 amide bonds. The van der Waals surface area contributed by atoms with Crippen molar-refractivity contribution in [1.29, 1.82) is 0 Å². The molecule has 2 N–H and O–H groups in total. The molecule has 4 nitrogen and oxygen atoms in total. The first kappa shape index (κ1) is 13.7. The molecule has 1 aliphatic carbocycles. The van der Waals surface area contributed by atoms with E-state index < -0.39 is 5.60 Å². The van der Waals surface area contributed by atoms with Crippen LogP contribution in [0.3, 0.4) is 0 Å². The van der Waals surface area contributed by atoms with E-state index in [1.54, 1.807) is 0 Å². The van der Waals surface area contributed by atoms with Gasteiger partial charge < -0.3 is 15.4 Å². The molecule has 2 rings (SSSR count). The Bertz CT molecular complexity index is 295. The third kappa shape index (κ3) is 4.16. The highest BCUT2D eigenvalue weighted by molar-refractivity contribution is 5.67. The highest BCUT2D eigenvalue weighted by Crippen LogP contribution is 2.42. The van der Waals surface area contributed by atoms with Crippen LogP contribution < -0.4 is 10.6 Å². The van der Waals surface area contributed by atoms with Gasteiger partial charge in [-0.3, -0.25) is 0 Å². The van der Waals surface area contributed by atoms with Crippen molar-refractivity contribution in [2.75, 3.05) is 19.6 Å². The van der Waals surface area contributed by atoms with Crippen molar-refractivity contribution in [3.8, 4) is 0 Å². The second-order valence-corrected chi connectivity index (χ2v) is 6.64. The Balaban J connectivity index is 1.64. The lowest BCUT2D eigenvalue weighted by atomic mass is 9.89. The molecule has 2 fully saturated rings. The second kappa shape index (κ2) is 5.47. The van der Waals surface area contributed by atoms with Crippen LogP contribution >= 0.6 is 0 Å². The van der Waals surface area contributed by atoms with Gasteiger partial charge in [0.15, 0.2) is 0 Å². The molecule has 104 valence electrons. The molecule has 2 atom stereocenters. The number of hydrogen-bond acceptors (Lipinski definition) is 3. The normalized spacial score (nSPS) is 28.2. The van der Waals surface area contributed by atoms with Crippen molar-refractivity contribution in [3.63, 3.8) is 0 Å². The predicted octanol–water partition coefficient (Wildman–Crippen LogP) is 2.15. The molecule has 0 radical (unpaired) electrons. The van der Waals surface area contributed by atoms with Gasteiger partial charge in [0.05, 0.1) is 0 Å². The van der Waals surface area contributed by atoms with E-state index in [-0.39, 0.29) is 6.09 Å². The van der Waals surface area contributed by atoms with Gasteiger partial charge >= 0.3 is 6.09 Å². The van der Waals surface area contributed by atoms with Gasteiger partial charge in [-0.2, -0.15) is 0 Å². The van der Waals surface area contributed by atoms with Crippen LogP contribution in [0.25, 0.3) is 0 Å². The Morgan fingerprint density at radius 2 is 2.06 bits per heavy atom. The SMILES string of the molecule is CC(C)(C)OC(=O)NCCC1CNCC1C1CC1. The minimum Gasteiger partial charge on any atom is -0.444 e. The van der Waals surface area contributed by atoms with E-state index in [0.717, 1.165) is 37.3 Å². The maximum absolute atomic E-state index is 11.5. The molecule has 18 heavy (non-hydrogen) atoms. The monoisotopic (exact) mass is 254 g/mol. The molecule has 1 heterocycles. The third-order valence-corrected chi connectivity index (χ3v) is 3.80. The van der Waals surface area contributed by atoms with Gasteiger partial charge in [0.25, 0.3) is 0 Å². The number of hydrogen-bond donors (Lipinski definition) is 2. The summed E-state index contributed by atoms with van der Waals surface area (Å²) in [5, 5.41) is 6.33. The molecule has 1 saturated heterocycles. The summed E-state index contributed by atoms with van der Waals surface area (Å²) < 4.78 is 5.22. The molecule has 1 aliphatic heterocycles. The summed E-state index contributed by atoms with van der Waals surface area (Å²) in [7, 11) is 0. The minimum atomic E-state index is -0.407. The number of carbonyl (C=O) groups excluding carboxylic acids is 1. The molecule has 1 saturated carbocycles. The number of carbonyl (C=O) groups is 1. The first-order valence-electron chi connectivity index (χ1n) is 7.13. The number of rotatable bonds is 4. The van der Waals surface area contributed by atoms with Crippen LogP contribution in [0.1, 0.15) is 40.0 Å². The zero-order chi connectivity index (χ0) is 13.2. The fraction of sp³-hybridized carbons (Fsp3) is 0.929. The highest BCUT2D eigenvalue weighted by atomic mass is 16.6. The molecule has 0 spiro atoms. The van der Waals surface area contributed by atoms with Gasteiger partial charge in [-0.05, 0) is 70.9 Å². The topological polar surface area (TPSA) is 50.4 Å². The van der Waals surface area contributed by atoms with E-state index in [2.05, 4.69) is 10.6 Å². The number of ether oxygens (including phenoxy) is 1. The molecule has 0 bridgehead atoms. The van der Waals surface area contributed by atoms with Crippen molar-refractivity contribution >= 4 is 6.09 Å². The summed E-state index contributed by atoms with van der Waals surface area (Å²) in [4.78, 5) is 11.5. The zero-order valence-electron chi connectivity index (χ0n) is 11.8. The Morgan fingerprint density at radius 3 is 2.67 bits per heavy atom. The fourth-order valence-electron chi connectivity index (χ4n) is 2.82. The first-order valence-corrected chi connectivity index (χ1v) is 7.13. The van der Waals surface area contributed by atoms with Gasteiger partial charge in [0, 0.05) is 6.54 Å². The van der Waals surface area contributed by atoms with Crippen LogP contribution in [-0.4, -0.2) is 31.3 Å². The van der Waals surface area contributed by atoms with Crippen molar-refractivity contribution in [2.24, 2.45) is 17.8 Å². The summed E-state index contributed by atoms with van der Waals surface area (Å²) in [5.74, 6) is 2.52. The van der Waals surface area contributed by atoms with Gasteiger partial charge in [-0.1, -0.05) is 0 Å². The predicted molar refractivity (Wildman–Crippen MR) is 71.4 cm³/mol. The van der Waals surface area contributed by atoms with Crippen LogP contribution in [0, 0.1) is 17.8 Å². The largest absolute Gasteiger partial charge is 0.444 e. The maximum atomic E-state index is 11.5. The molecule has 0 aromatic rings. The Hall–Kier alpha value is -0.770. The number of nitrogens with one attached hydrogen (secondary N) is 2. The lowest BCUT2D eigenvalue weighted by molar-refractivity contribution is 0.0524. The number of alkyl carbamates (subject to hydrolysis) is 1. The van der Waals surface area contributed by atoms with Gasteiger partial charge in [0.1, 0.15) is 5.60 Å². The van der Waals surface area contributed by atoms with E-state index >= 15 is 0 Å². The summed E-state index contributed by atoms with van der Waals surface area (Å²) in [6, 6.07) is 0. The number of amides is 1. The lowest BCUT2D eigenvalue weighted by Gasteiger charge is -2.21. The lowest BCUT2D eigenvalue weighted by Crippen LogP contribution is -2.34. The molecular weight excluding hydrogens is 228 g/mol. The van der Waals surface area contributed by atoms with Gasteiger partial charge in [0.2, 0.25) is 0 Å². The molecular formula is C14H26N2O2. The van der Waals surface area contributed by atoms with Crippen LogP contribution in [0.4, 0.5) is 4.79 Å². The van der Waals surface area contributed by atoms with E-state index in [4.69, 9.17) is 4.74 Å². The molecule has 0 aromatic heterocycles. The summed E-state index contributed by atoms with van der Waals surface area (Å²) in [6.07, 6.45) is 3.58. The molecule has 2 aliphatic rings. The molecule has 2 unspecified atom stereocenters. The molecule has 0 aromatic carbocycles. The van der Waals surface area contributed by atoms with Crippen LogP contribution in [0.15, 0.2) is 0 Å². The van der Waals surface area contributed by atoms with Crippen molar-refractivity contribution < 1.29 is 9.53 Å². The van der Waals surface area contributed by atoms with E-state index in [9.17, 15) is 4.79 Å². The van der Waals surface area contributed by atoms with Crippen molar-refractivity contribution in [2.45, 2.75) is 45.6 Å². The van der Waals surface area contributed by atoms with Crippen molar-refractivity contribution in [3.05, 3.63) is 0 Å². The smallest absolute Gasteiger partial charge is 0.407 e. The maximum Gasteiger partial charge on any atom is 0.407 e. The average molecular weight is 254 g/mol. The van der Waals surface area contributed by atoms with Crippen LogP contribution in [-0.2, 0) is 4.74 Å². The van der Waals surface area contributed by atoms with E-state index in [1.807, 2.05) is 20.8 Å². The van der Waals surface area contributed by atoms with Crippen LogP contribution in [0.2, 0.25) is 0 Å². The van der Waals surface area contributed by atoms with E-state index in [1.165, 1.54) is 19.4 Å². The summed E-state index contributed by atoms with van der Waals surface area (Å²) in [6.45, 7) is 8.66. The Morgan fingerprint density at radius 1 is 1.33 bits per heavy atom. The molecule has 4 heteroatoms. The van der Waals surface area contributed by atoms with Crippen LogP contribution in [0.5, 0.6) is 0 Å². The minimum absolute atomic E-state index is 0.295. The first-order chi connectivity index (χ1) is 8.46. The second-order valence-electron chi connectivity index (χ2n) is 6.64. The highest BCUT2D eigenvalue weighted by Gasteiger charge is 2.38. The van der Waals surface area contributed by atoms with E-state index in [0.29, 0.717) is 0 Å². The van der Waals surface area contributed by atoms with Crippen molar-refractivity contribution in [1.82, 2.24) is 10.6 Å².